The summed E-state index contributed by atoms with van der Waals surface area (Å²) < 4.78 is 0. The van der Waals surface area contributed by atoms with Gasteiger partial charge in [-0.15, -0.1) is 0 Å². The lowest BCUT2D eigenvalue weighted by Gasteiger charge is -2.02. The smallest absolute Gasteiger partial charge is 0.275 e. The van der Waals surface area contributed by atoms with E-state index in [4.69, 9.17) is 0 Å². The Kier molecular flexibility index (Phi) is 3.35. The van der Waals surface area contributed by atoms with Gasteiger partial charge in [0.25, 0.3) is 11.6 Å². The van der Waals surface area contributed by atoms with Gasteiger partial charge in [-0.1, -0.05) is 0 Å². The SMILES string of the molecule is CONC(=O)c1cc(C)cc([N+](=O)[O-])c1. The Labute approximate surface area is 86.0 Å². The zero-order chi connectivity index (χ0) is 11.4. The summed E-state index contributed by atoms with van der Waals surface area (Å²) in [5.74, 6) is -0.510. The summed E-state index contributed by atoms with van der Waals surface area (Å²) in [6, 6.07) is 4.13. The number of amides is 1. The maximum atomic E-state index is 11.3. The van der Waals surface area contributed by atoms with Crippen LogP contribution in [0.15, 0.2) is 18.2 Å². The normalized spacial score (nSPS) is 9.73. The third-order valence-electron chi connectivity index (χ3n) is 1.73. The molecule has 15 heavy (non-hydrogen) atoms. The molecule has 80 valence electrons. The van der Waals surface area contributed by atoms with E-state index in [1.54, 1.807) is 13.0 Å². The molecule has 1 N–H and O–H groups in total. The number of nitro benzene ring substituents is 1. The van der Waals surface area contributed by atoms with Crippen LogP contribution in [0.25, 0.3) is 0 Å². The molecule has 6 nitrogen and oxygen atoms in total. The van der Waals surface area contributed by atoms with Crippen LogP contribution in [0, 0.1) is 17.0 Å². The minimum atomic E-state index is -0.545. The molecule has 0 heterocycles. The molecule has 0 saturated carbocycles. The Morgan fingerprint density at radius 2 is 2.13 bits per heavy atom. The van der Waals surface area contributed by atoms with E-state index < -0.39 is 10.8 Å². The van der Waals surface area contributed by atoms with Gasteiger partial charge < -0.3 is 0 Å². The second kappa shape index (κ2) is 4.52. The summed E-state index contributed by atoms with van der Waals surface area (Å²) in [5, 5.41) is 10.5. The molecule has 0 spiro atoms. The van der Waals surface area contributed by atoms with Gasteiger partial charge in [0.2, 0.25) is 0 Å². The van der Waals surface area contributed by atoms with Gasteiger partial charge in [0.15, 0.2) is 0 Å². The first kappa shape index (κ1) is 11.1. The number of carbonyl (C=O) groups is 1. The number of benzene rings is 1. The zero-order valence-corrected chi connectivity index (χ0v) is 8.31. The van der Waals surface area contributed by atoms with Crippen molar-refractivity contribution in [1.29, 1.82) is 0 Å². The molecule has 0 aliphatic heterocycles. The van der Waals surface area contributed by atoms with E-state index >= 15 is 0 Å². The third-order valence-corrected chi connectivity index (χ3v) is 1.73. The fraction of sp³-hybridized carbons (Fsp3) is 0.222. The molecule has 1 rings (SSSR count). The first-order chi connectivity index (χ1) is 7.04. The molecule has 0 atom stereocenters. The van der Waals surface area contributed by atoms with E-state index in [9.17, 15) is 14.9 Å². The second-order valence-electron chi connectivity index (χ2n) is 2.95. The number of carbonyl (C=O) groups excluding carboxylic acids is 1. The van der Waals surface area contributed by atoms with Crippen molar-refractivity contribution in [2.24, 2.45) is 0 Å². The third kappa shape index (κ3) is 2.75. The Morgan fingerprint density at radius 3 is 2.67 bits per heavy atom. The zero-order valence-electron chi connectivity index (χ0n) is 8.31. The molecule has 1 aromatic carbocycles. The molecule has 1 amide bonds. The predicted molar refractivity (Wildman–Crippen MR) is 52.3 cm³/mol. The lowest BCUT2D eigenvalue weighted by Crippen LogP contribution is -2.21. The van der Waals surface area contributed by atoms with Crippen LogP contribution < -0.4 is 5.48 Å². The topological polar surface area (TPSA) is 81.5 Å². The number of nitrogens with one attached hydrogen (secondary N) is 1. The van der Waals surface area contributed by atoms with E-state index in [-0.39, 0.29) is 11.3 Å². The number of nitrogens with zero attached hydrogens (tertiary/aromatic N) is 1. The molecule has 0 saturated heterocycles. The largest absolute Gasteiger partial charge is 0.277 e. The number of hydroxylamine groups is 1. The summed E-state index contributed by atoms with van der Waals surface area (Å²) in [5.41, 5.74) is 2.82. The average molecular weight is 210 g/mol. The lowest BCUT2D eigenvalue weighted by molar-refractivity contribution is -0.384. The van der Waals surface area contributed by atoms with E-state index in [1.807, 2.05) is 0 Å². The highest BCUT2D eigenvalue weighted by Gasteiger charge is 2.12. The van der Waals surface area contributed by atoms with E-state index in [0.29, 0.717) is 5.56 Å². The number of aryl methyl sites for hydroxylation is 1. The van der Waals surface area contributed by atoms with Gasteiger partial charge in [-0.25, -0.2) is 5.48 Å². The van der Waals surface area contributed by atoms with Crippen LogP contribution in [-0.2, 0) is 4.84 Å². The number of hydrogen-bond acceptors (Lipinski definition) is 4. The molecular formula is C9H10N2O4. The van der Waals surface area contributed by atoms with Crippen LogP contribution in [0.4, 0.5) is 5.69 Å². The second-order valence-corrected chi connectivity index (χ2v) is 2.95. The molecule has 0 bridgehead atoms. The van der Waals surface area contributed by atoms with Crippen molar-refractivity contribution >= 4 is 11.6 Å². The summed E-state index contributed by atoms with van der Waals surface area (Å²) in [6.07, 6.45) is 0. The molecule has 6 heteroatoms. The first-order valence-electron chi connectivity index (χ1n) is 4.14. The Bertz CT molecular complexity index is 403. The van der Waals surface area contributed by atoms with Crippen LogP contribution in [0.3, 0.4) is 0 Å². The minimum Gasteiger partial charge on any atom is -0.277 e. The molecule has 0 radical (unpaired) electrons. The fourth-order valence-electron chi connectivity index (χ4n) is 1.15. The van der Waals surface area contributed by atoms with Gasteiger partial charge in [0.05, 0.1) is 12.0 Å². The highest BCUT2D eigenvalue weighted by atomic mass is 16.6. The van der Waals surface area contributed by atoms with Crippen LogP contribution in [-0.4, -0.2) is 17.9 Å². The van der Waals surface area contributed by atoms with Gasteiger partial charge in [0, 0.05) is 17.7 Å². The molecule has 0 unspecified atom stereocenters. The number of nitro groups is 1. The van der Waals surface area contributed by atoms with Crippen molar-refractivity contribution in [2.45, 2.75) is 6.92 Å². The van der Waals surface area contributed by atoms with E-state index in [2.05, 4.69) is 10.3 Å². The van der Waals surface area contributed by atoms with Crippen LogP contribution in [0.2, 0.25) is 0 Å². The summed E-state index contributed by atoms with van der Waals surface area (Å²) in [4.78, 5) is 25.7. The fourth-order valence-corrected chi connectivity index (χ4v) is 1.15. The van der Waals surface area contributed by atoms with Crippen molar-refractivity contribution in [2.75, 3.05) is 7.11 Å². The van der Waals surface area contributed by atoms with Gasteiger partial charge >= 0.3 is 0 Å². The molecule has 0 fully saturated rings. The molecule has 1 aromatic rings. The maximum absolute atomic E-state index is 11.3. The minimum absolute atomic E-state index is 0.115. The predicted octanol–water partition coefficient (Wildman–Crippen LogP) is 1.19. The summed E-state index contributed by atoms with van der Waals surface area (Å²) in [7, 11) is 1.29. The van der Waals surface area contributed by atoms with Crippen LogP contribution in [0.5, 0.6) is 0 Å². The van der Waals surface area contributed by atoms with Crippen molar-refractivity contribution in [3.05, 3.63) is 39.4 Å². The van der Waals surface area contributed by atoms with E-state index in [0.717, 1.165) is 0 Å². The standard InChI is InChI=1S/C9H10N2O4/c1-6-3-7(9(12)10-15-2)5-8(4-6)11(13)14/h3-5H,1-2H3,(H,10,12). The number of rotatable bonds is 3. The van der Waals surface area contributed by atoms with Crippen LogP contribution >= 0.6 is 0 Å². The van der Waals surface area contributed by atoms with Gasteiger partial charge in [-0.2, -0.15) is 0 Å². The molecule has 0 aliphatic rings. The quantitative estimate of drug-likeness (QED) is 0.600. The van der Waals surface area contributed by atoms with Crippen molar-refractivity contribution in [3.8, 4) is 0 Å². The number of non-ortho nitro benzene ring substituents is 1. The molecule has 0 aliphatic carbocycles. The Hall–Kier alpha value is -1.95. The Balaban J connectivity index is 3.09. The van der Waals surface area contributed by atoms with Gasteiger partial charge in [0.1, 0.15) is 0 Å². The van der Waals surface area contributed by atoms with Gasteiger partial charge in [-0.05, 0) is 18.6 Å². The van der Waals surface area contributed by atoms with Crippen molar-refractivity contribution in [3.63, 3.8) is 0 Å². The van der Waals surface area contributed by atoms with Crippen molar-refractivity contribution in [1.82, 2.24) is 5.48 Å². The Morgan fingerprint density at radius 1 is 1.47 bits per heavy atom. The summed E-state index contributed by atoms with van der Waals surface area (Å²) >= 11 is 0. The van der Waals surface area contributed by atoms with E-state index in [1.165, 1.54) is 19.2 Å². The molecular weight excluding hydrogens is 200 g/mol. The lowest BCUT2D eigenvalue weighted by atomic mass is 10.1. The highest BCUT2D eigenvalue weighted by Crippen LogP contribution is 2.16. The molecule has 0 aromatic heterocycles. The monoisotopic (exact) mass is 210 g/mol. The average Bonchev–Trinajstić information content (AvgIpc) is 2.17. The number of hydrogen-bond donors (Lipinski definition) is 1. The van der Waals surface area contributed by atoms with Crippen LogP contribution in [0.1, 0.15) is 15.9 Å². The first-order valence-corrected chi connectivity index (χ1v) is 4.14. The summed E-state index contributed by atoms with van der Waals surface area (Å²) in [6.45, 7) is 1.68. The van der Waals surface area contributed by atoms with Crippen molar-refractivity contribution < 1.29 is 14.6 Å². The maximum Gasteiger partial charge on any atom is 0.275 e. The highest BCUT2D eigenvalue weighted by molar-refractivity contribution is 5.94. The van der Waals surface area contributed by atoms with Gasteiger partial charge in [-0.3, -0.25) is 19.7 Å².